The number of amides is 2. The Bertz CT molecular complexity index is 976. The molecule has 0 aliphatic rings. The average molecular weight is 443 g/mol. The molecule has 3 aromatic carbocycles. The summed E-state index contributed by atoms with van der Waals surface area (Å²) >= 11 is 0. The summed E-state index contributed by atoms with van der Waals surface area (Å²) in [5.74, 6) is 1.55. The first-order valence-electron chi connectivity index (χ1n) is 10.1. The van der Waals surface area contributed by atoms with Gasteiger partial charge in [-0.2, -0.15) is 13.2 Å². The summed E-state index contributed by atoms with van der Waals surface area (Å²) < 4.78 is 43.4. The maximum Gasteiger partial charge on any atom is 0.416 e. The Labute approximate surface area is 184 Å². The molecule has 2 amide bonds. The molecule has 0 bridgehead atoms. The van der Waals surface area contributed by atoms with Gasteiger partial charge in [-0.25, -0.2) is 4.79 Å². The number of alkyl halides is 3. The van der Waals surface area contributed by atoms with Crippen LogP contribution in [0, 0.1) is 0 Å². The number of para-hydroxylation sites is 1. The van der Waals surface area contributed by atoms with E-state index in [1.54, 1.807) is 0 Å². The molecule has 8 heteroatoms. The fourth-order valence-corrected chi connectivity index (χ4v) is 2.87. The Morgan fingerprint density at radius 2 is 1.47 bits per heavy atom. The fraction of sp³-hybridized carbons (Fsp3) is 0.208. The lowest BCUT2D eigenvalue weighted by atomic mass is 10.2. The van der Waals surface area contributed by atoms with E-state index in [1.165, 1.54) is 12.1 Å². The van der Waals surface area contributed by atoms with Crippen LogP contribution in [0.4, 0.5) is 23.7 Å². The summed E-state index contributed by atoms with van der Waals surface area (Å²) in [5, 5.41) is 8.48. The van der Waals surface area contributed by atoms with Crippen LogP contribution in [0.15, 0.2) is 78.9 Å². The highest BCUT2D eigenvalue weighted by Gasteiger charge is 2.29. The topological polar surface area (TPSA) is 62.4 Å². The number of hydrogen-bond acceptors (Lipinski definition) is 3. The zero-order valence-electron chi connectivity index (χ0n) is 17.3. The lowest BCUT2D eigenvalue weighted by molar-refractivity contribution is -0.137. The van der Waals surface area contributed by atoms with E-state index in [0.717, 1.165) is 29.2 Å². The van der Waals surface area contributed by atoms with Crippen LogP contribution in [0.2, 0.25) is 0 Å². The number of rotatable bonds is 9. The van der Waals surface area contributed by atoms with Crippen LogP contribution in [0.3, 0.4) is 0 Å². The quantitative estimate of drug-likeness (QED) is 0.366. The van der Waals surface area contributed by atoms with Crippen LogP contribution in [-0.4, -0.2) is 19.1 Å². The fourth-order valence-electron chi connectivity index (χ4n) is 2.87. The molecule has 0 aromatic heterocycles. The van der Waals surface area contributed by atoms with E-state index in [2.05, 4.69) is 16.0 Å². The third-order valence-corrected chi connectivity index (χ3v) is 4.52. The second-order valence-corrected chi connectivity index (χ2v) is 7.05. The number of urea groups is 1. The first kappa shape index (κ1) is 23.1. The monoisotopic (exact) mass is 443 g/mol. The van der Waals surface area contributed by atoms with E-state index < -0.39 is 17.8 Å². The van der Waals surface area contributed by atoms with Gasteiger partial charge in [-0.3, -0.25) is 0 Å². The largest absolute Gasteiger partial charge is 0.457 e. The molecule has 0 aliphatic heterocycles. The van der Waals surface area contributed by atoms with E-state index in [1.807, 2.05) is 54.6 Å². The summed E-state index contributed by atoms with van der Waals surface area (Å²) in [6.45, 7) is 1.81. The van der Waals surface area contributed by atoms with Gasteiger partial charge in [0.1, 0.15) is 11.5 Å². The normalized spacial score (nSPS) is 11.1. The van der Waals surface area contributed by atoms with Crippen LogP contribution >= 0.6 is 0 Å². The van der Waals surface area contributed by atoms with E-state index in [-0.39, 0.29) is 0 Å². The van der Waals surface area contributed by atoms with E-state index in [9.17, 15) is 18.0 Å². The van der Waals surface area contributed by atoms with Crippen molar-refractivity contribution in [3.8, 4) is 11.5 Å². The van der Waals surface area contributed by atoms with Crippen molar-refractivity contribution < 1.29 is 22.7 Å². The first-order chi connectivity index (χ1) is 15.4. The predicted octanol–water partition coefficient (Wildman–Crippen LogP) is 5.80. The van der Waals surface area contributed by atoms with Gasteiger partial charge in [0, 0.05) is 18.8 Å². The van der Waals surface area contributed by atoms with Crippen molar-refractivity contribution in [2.24, 2.45) is 0 Å². The maximum atomic E-state index is 12.5. The molecule has 0 saturated heterocycles. The number of benzene rings is 3. The van der Waals surface area contributed by atoms with Crippen LogP contribution < -0.4 is 20.7 Å². The van der Waals surface area contributed by atoms with Crippen molar-refractivity contribution in [1.29, 1.82) is 0 Å². The van der Waals surface area contributed by atoms with E-state index >= 15 is 0 Å². The molecule has 0 saturated carbocycles. The van der Waals surface area contributed by atoms with Crippen molar-refractivity contribution in [2.75, 3.05) is 18.4 Å². The second-order valence-electron chi connectivity index (χ2n) is 7.05. The number of nitrogens with one attached hydrogen (secondary N) is 3. The molecule has 168 valence electrons. The molecule has 5 nitrogen and oxygen atoms in total. The summed E-state index contributed by atoms with van der Waals surface area (Å²) in [6, 6.07) is 21.2. The average Bonchev–Trinajstić information content (AvgIpc) is 2.78. The Morgan fingerprint density at radius 3 is 2.12 bits per heavy atom. The molecule has 0 atom stereocenters. The number of ether oxygens (including phenoxy) is 1. The molecule has 0 spiro atoms. The van der Waals surface area contributed by atoms with Crippen molar-refractivity contribution in [3.63, 3.8) is 0 Å². The predicted molar refractivity (Wildman–Crippen MR) is 118 cm³/mol. The van der Waals surface area contributed by atoms with E-state index in [0.29, 0.717) is 31.7 Å². The first-order valence-corrected chi connectivity index (χ1v) is 10.1. The molecule has 0 fully saturated rings. The van der Waals surface area contributed by atoms with Gasteiger partial charge < -0.3 is 20.7 Å². The number of carbonyl (C=O) groups excluding carboxylic acids is 1. The van der Waals surface area contributed by atoms with Crippen LogP contribution in [0.1, 0.15) is 17.5 Å². The van der Waals surface area contributed by atoms with Crippen molar-refractivity contribution >= 4 is 11.7 Å². The minimum atomic E-state index is -4.40. The van der Waals surface area contributed by atoms with Gasteiger partial charge in [-0.1, -0.05) is 30.3 Å². The molecule has 0 unspecified atom stereocenters. The number of anilines is 1. The molecule has 3 N–H and O–H groups in total. The third-order valence-electron chi connectivity index (χ3n) is 4.52. The molecule has 32 heavy (non-hydrogen) atoms. The number of halogens is 3. The molecule has 0 heterocycles. The standard InChI is InChI=1S/C24H24F3N3O2/c25-24(26,27)19-9-11-20(12-10-19)30-23(31)29-16-4-15-28-17-18-7-13-22(14-8-18)32-21-5-2-1-3-6-21/h1-3,5-14,28H,4,15-17H2,(H2,29,30,31). The van der Waals surface area contributed by atoms with Gasteiger partial charge in [0.05, 0.1) is 5.56 Å². The Hall–Kier alpha value is -3.52. The summed E-state index contributed by atoms with van der Waals surface area (Å²) in [7, 11) is 0. The third kappa shape index (κ3) is 7.63. The summed E-state index contributed by atoms with van der Waals surface area (Å²) in [4.78, 5) is 11.8. The minimum Gasteiger partial charge on any atom is -0.457 e. The summed E-state index contributed by atoms with van der Waals surface area (Å²) in [5.41, 5.74) is 0.652. The van der Waals surface area contributed by atoms with Crippen LogP contribution in [-0.2, 0) is 12.7 Å². The Morgan fingerprint density at radius 1 is 0.812 bits per heavy atom. The van der Waals surface area contributed by atoms with Crippen LogP contribution in [0.5, 0.6) is 11.5 Å². The highest BCUT2D eigenvalue weighted by Crippen LogP contribution is 2.29. The lowest BCUT2D eigenvalue weighted by Gasteiger charge is -2.10. The lowest BCUT2D eigenvalue weighted by Crippen LogP contribution is -2.31. The summed E-state index contributed by atoms with van der Waals surface area (Å²) in [6.07, 6.45) is -3.69. The maximum absolute atomic E-state index is 12.5. The Balaban J connectivity index is 1.29. The van der Waals surface area contributed by atoms with Crippen molar-refractivity contribution in [1.82, 2.24) is 10.6 Å². The minimum absolute atomic E-state index is 0.299. The van der Waals surface area contributed by atoms with E-state index in [4.69, 9.17) is 4.74 Å². The highest BCUT2D eigenvalue weighted by molar-refractivity contribution is 5.89. The van der Waals surface area contributed by atoms with Gasteiger partial charge in [0.25, 0.3) is 0 Å². The second kappa shape index (κ2) is 11.2. The highest BCUT2D eigenvalue weighted by atomic mass is 19.4. The van der Waals surface area contributed by atoms with Crippen molar-refractivity contribution in [2.45, 2.75) is 19.1 Å². The number of carbonyl (C=O) groups is 1. The van der Waals surface area contributed by atoms with Crippen molar-refractivity contribution in [3.05, 3.63) is 90.0 Å². The molecular formula is C24H24F3N3O2. The van der Waals surface area contributed by atoms with Gasteiger partial charge in [-0.15, -0.1) is 0 Å². The SMILES string of the molecule is O=C(NCCCNCc1ccc(Oc2ccccc2)cc1)Nc1ccc(C(F)(F)F)cc1. The zero-order chi connectivity index (χ0) is 22.8. The number of hydrogen-bond donors (Lipinski definition) is 3. The van der Waals surface area contributed by atoms with Gasteiger partial charge >= 0.3 is 12.2 Å². The molecule has 3 rings (SSSR count). The molecule has 3 aromatic rings. The smallest absolute Gasteiger partial charge is 0.416 e. The van der Waals surface area contributed by atoms with Crippen LogP contribution in [0.25, 0.3) is 0 Å². The zero-order valence-corrected chi connectivity index (χ0v) is 17.3. The van der Waals surface area contributed by atoms with Gasteiger partial charge in [0.2, 0.25) is 0 Å². The van der Waals surface area contributed by atoms with Gasteiger partial charge in [0.15, 0.2) is 0 Å². The van der Waals surface area contributed by atoms with Gasteiger partial charge in [-0.05, 0) is 67.1 Å². The molecular weight excluding hydrogens is 419 g/mol. The molecule has 0 radical (unpaired) electrons. The Kier molecular flexibility index (Phi) is 8.10. The molecule has 0 aliphatic carbocycles.